The van der Waals surface area contributed by atoms with Gasteiger partial charge < -0.3 is 9.88 Å². The fourth-order valence-corrected chi connectivity index (χ4v) is 4.99. The minimum atomic E-state index is -0.0323. The smallest absolute Gasteiger partial charge is 0.257 e. The third-order valence-corrected chi connectivity index (χ3v) is 6.67. The highest BCUT2D eigenvalue weighted by Gasteiger charge is 2.32. The molecular formula is C25H29N5O. The first-order chi connectivity index (χ1) is 14.7. The lowest BCUT2D eigenvalue weighted by molar-refractivity contribution is 0.186. The van der Waals surface area contributed by atoms with E-state index in [0.717, 1.165) is 50.2 Å². The lowest BCUT2D eigenvalue weighted by Gasteiger charge is -2.39. The lowest BCUT2D eigenvalue weighted by Crippen LogP contribution is -2.49. The molecule has 2 aromatic heterocycles. The van der Waals surface area contributed by atoms with Crippen LogP contribution in [-0.2, 0) is 0 Å². The van der Waals surface area contributed by atoms with E-state index in [1.54, 1.807) is 12.3 Å². The quantitative estimate of drug-likeness (QED) is 0.702. The molecule has 2 fully saturated rings. The molecule has 6 nitrogen and oxygen atoms in total. The van der Waals surface area contributed by atoms with Crippen molar-refractivity contribution in [2.24, 2.45) is 0 Å². The van der Waals surface area contributed by atoms with Gasteiger partial charge in [-0.3, -0.25) is 14.7 Å². The maximum Gasteiger partial charge on any atom is 0.257 e. The second-order valence-corrected chi connectivity index (χ2v) is 8.34. The van der Waals surface area contributed by atoms with Crippen molar-refractivity contribution >= 4 is 16.6 Å². The van der Waals surface area contributed by atoms with Crippen molar-refractivity contribution in [3.8, 4) is 6.07 Å². The zero-order chi connectivity index (χ0) is 20.5. The van der Waals surface area contributed by atoms with Crippen LogP contribution in [0, 0.1) is 11.3 Å². The summed E-state index contributed by atoms with van der Waals surface area (Å²) in [7, 11) is 0. The largest absolute Gasteiger partial charge is 0.369 e. The number of aromatic amines is 1. The Bertz CT molecular complexity index is 1140. The predicted molar refractivity (Wildman–Crippen MR) is 124 cm³/mol. The van der Waals surface area contributed by atoms with Crippen LogP contribution in [0.25, 0.3) is 10.9 Å². The van der Waals surface area contributed by atoms with E-state index in [-0.39, 0.29) is 13.0 Å². The van der Waals surface area contributed by atoms with Gasteiger partial charge >= 0.3 is 0 Å². The lowest BCUT2D eigenvalue weighted by atomic mass is 10.0. The second kappa shape index (κ2) is 8.91. The highest BCUT2D eigenvalue weighted by Crippen LogP contribution is 2.36. The highest BCUT2D eigenvalue weighted by molar-refractivity contribution is 5.77. The molecule has 0 bridgehead atoms. The number of benzene rings is 1. The van der Waals surface area contributed by atoms with Crippen molar-refractivity contribution in [2.75, 3.05) is 31.1 Å². The Morgan fingerprint density at radius 1 is 1.06 bits per heavy atom. The topological polar surface area (TPSA) is 76.0 Å². The maximum atomic E-state index is 12.4. The fraction of sp³-hybridized carbons (Fsp3) is 0.400. The number of anilines is 1. The van der Waals surface area contributed by atoms with Crippen LogP contribution in [0.2, 0.25) is 0 Å². The van der Waals surface area contributed by atoms with Crippen LogP contribution in [0.1, 0.15) is 43.9 Å². The summed E-state index contributed by atoms with van der Waals surface area (Å²) in [6, 6.07) is 16.3. The minimum Gasteiger partial charge on any atom is -0.369 e. The van der Waals surface area contributed by atoms with Gasteiger partial charge in [0.1, 0.15) is 0 Å². The molecule has 1 saturated heterocycles. The van der Waals surface area contributed by atoms with E-state index >= 15 is 0 Å². The van der Waals surface area contributed by atoms with Gasteiger partial charge in [-0.2, -0.15) is 5.26 Å². The van der Waals surface area contributed by atoms with Crippen molar-refractivity contribution in [3.63, 3.8) is 0 Å². The van der Waals surface area contributed by atoms with Crippen LogP contribution in [0.5, 0.6) is 0 Å². The van der Waals surface area contributed by atoms with Gasteiger partial charge in [-0.1, -0.05) is 7.43 Å². The van der Waals surface area contributed by atoms with Gasteiger partial charge in [0.15, 0.2) is 0 Å². The summed E-state index contributed by atoms with van der Waals surface area (Å²) in [5, 5.41) is 9.63. The molecule has 0 spiro atoms. The Balaban J connectivity index is 0.00000231. The van der Waals surface area contributed by atoms with Crippen molar-refractivity contribution in [1.82, 2.24) is 14.9 Å². The zero-order valence-electron chi connectivity index (χ0n) is 16.9. The van der Waals surface area contributed by atoms with Gasteiger partial charge in [0, 0.05) is 55.7 Å². The molecule has 1 aliphatic carbocycles. The number of fused-ring (bicyclic) bond motifs is 1. The Morgan fingerprint density at radius 3 is 2.58 bits per heavy atom. The Morgan fingerprint density at radius 2 is 1.84 bits per heavy atom. The number of nitriles is 1. The van der Waals surface area contributed by atoms with E-state index < -0.39 is 0 Å². The van der Waals surface area contributed by atoms with E-state index in [1.807, 2.05) is 30.3 Å². The first kappa shape index (κ1) is 21.1. The number of H-pyrrole nitrogens is 1. The van der Waals surface area contributed by atoms with E-state index in [4.69, 9.17) is 5.26 Å². The maximum absolute atomic E-state index is 12.4. The number of rotatable bonds is 3. The van der Waals surface area contributed by atoms with Gasteiger partial charge in [-0.15, -0.1) is 0 Å². The number of aromatic nitrogens is 2. The summed E-state index contributed by atoms with van der Waals surface area (Å²) in [4.78, 5) is 24.9. The number of nitrogens with one attached hydrogen (secondary N) is 1. The molecule has 2 atom stereocenters. The van der Waals surface area contributed by atoms with Gasteiger partial charge in [-0.25, -0.2) is 0 Å². The SMILES string of the molecule is C.N#Cc1ccc(N2CCN([C@@H]3CC[C@@H](c4cc5ncccc5c(=O)[nH]4)C3)CC2)cc1. The molecule has 160 valence electrons. The molecule has 2 aliphatic rings. The molecule has 1 N–H and O–H groups in total. The fourth-order valence-electron chi connectivity index (χ4n) is 4.99. The number of hydrogen-bond donors (Lipinski definition) is 1. The molecule has 3 heterocycles. The molecular weight excluding hydrogens is 386 g/mol. The van der Waals surface area contributed by atoms with Gasteiger partial charge in [0.2, 0.25) is 0 Å². The Hall–Kier alpha value is -3.17. The predicted octanol–water partition coefficient (Wildman–Crippen LogP) is 3.89. The molecule has 1 aliphatic heterocycles. The van der Waals surface area contributed by atoms with Crippen LogP contribution >= 0.6 is 0 Å². The molecule has 3 aromatic rings. The summed E-state index contributed by atoms with van der Waals surface area (Å²) in [5.74, 6) is 0.394. The van der Waals surface area contributed by atoms with E-state index in [2.05, 4.69) is 31.9 Å². The molecule has 0 amide bonds. The first-order valence-corrected chi connectivity index (χ1v) is 10.7. The second-order valence-electron chi connectivity index (χ2n) is 8.34. The Kier molecular flexibility index (Phi) is 6.06. The third kappa shape index (κ3) is 4.19. The standard InChI is InChI=1S/C24H25N5O.CH4/c25-16-17-3-6-19(7-4-17)28-10-12-29(13-11-28)20-8-5-18(14-20)22-15-23-21(24(30)27-22)2-1-9-26-23;/h1-4,6-7,9,15,18,20H,5,8,10-14H2,(H,27,30);1H4/t18-,20-;/m1./s1. The third-order valence-electron chi connectivity index (χ3n) is 6.67. The summed E-state index contributed by atoms with van der Waals surface area (Å²) >= 11 is 0. The van der Waals surface area contributed by atoms with Gasteiger partial charge in [0.25, 0.3) is 5.56 Å². The average Bonchev–Trinajstić information content (AvgIpc) is 3.30. The zero-order valence-corrected chi connectivity index (χ0v) is 16.9. The summed E-state index contributed by atoms with van der Waals surface area (Å²) < 4.78 is 0. The summed E-state index contributed by atoms with van der Waals surface area (Å²) in [6.45, 7) is 4.11. The van der Waals surface area contributed by atoms with Crippen molar-refractivity contribution in [1.29, 1.82) is 5.26 Å². The molecule has 0 unspecified atom stereocenters. The number of nitrogens with zero attached hydrogens (tertiary/aromatic N) is 4. The van der Waals surface area contributed by atoms with Crippen LogP contribution < -0.4 is 10.5 Å². The van der Waals surface area contributed by atoms with Crippen LogP contribution in [0.15, 0.2) is 53.5 Å². The molecule has 1 aromatic carbocycles. The summed E-state index contributed by atoms with van der Waals surface area (Å²) in [5.41, 5.74) is 3.69. The first-order valence-electron chi connectivity index (χ1n) is 10.7. The van der Waals surface area contributed by atoms with Crippen LogP contribution in [0.3, 0.4) is 0 Å². The summed E-state index contributed by atoms with van der Waals surface area (Å²) in [6.07, 6.45) is 5.11. The van der Waals surface area contributed by atoms with Crippen LogP contribution in [0.4, 0.5) is 5.69 Å². The van der Waals surface area contributed by atoms with E-state index in [0.29, 0.717) is 22.9 Å². The van der Waals surface area contributed by atoms with Gasteiger partial charge in [0.05, 0.1) is 22.5 Å². The molecule has 0 radical (unpaired) electrons. The number of piperazine rings is 1. The Labute approximate surface area is 183 Å². The normalized spacial score (nSPS) is 21.6. The van der Waals surface area contributed by atoms with E-state index in [9.17, 15) is 4.79 Å². The van der Waals surface area contributed by atoms with Crippen molar-refractivity contribution in [3.05, 3.63) is 70.3 Å². The van der Waals surface area contributed by atoms with Crippen molar-refractivity contribution < 1.29 is 0 Å². The van der Waals surface area contributed by atoms with Crippen LogP contribution in [-0.4, -0.2) is 47.1 Å². The molecule has 31 heavy (non-hydrogen) atoms. The number of pyridine rings is 2. The monoisotopic (exact) mass is 415 g/mol. The molecule has 1 saturated carbocycles. The van der Waals surface area contributed by atoms with Crippen molar-refractivity contribution in [2.45, 2.75) is 38.6 Å². The number of hydrogen-bond acceptors (Lipinski definition) is 5. The minimum absolute atomic E-state index is 0. The van der Waals surface area contributed by atoms with E-state index in [1.165, 1.54) is 12.1 Å². The van der Waals surface area contributed by atoms with Gasteiger partial charge in [-0.05, 0) is 61.7 Å². The molecule has 5 rings (SSSR count). The average molecular weight is 416 g/mol. The highest BCUT2D eigenvalue weighted by atomic mass is 16.1. The molecule has 6 heteroatoms.